The monoisotopic (exact) mass is 383 g/mol. The lowest BCUT2D eigenvalue weighted by atomic mass is 10.00. The summed E-state index contributed by atoms with van der Waals surface area (Å²) in [5.74, 6) is -2.59. The number of amides is 1. The zero-order valence-electron chi connectivity index (χ0n) is 17.4. The maximum Gasteiger partial charge on any atom is 0.274 e. The number of carbonyl (C=O) groups is 1. The van der Waals surface area contributed by atoms with Crippen LogP contribution in [-0.2, 0) is 4.79 Å². The third-order valence-electron chi connectivity index (χ3n) is 5.26. The smallest absolute Gasteiger partial charge is 0.274 e. The van der Waals surface area contributed by atoms with Crippen LogP contribution in [-0.4, -0.2) is 60.2 Å². The number of allylic oxidation sites excluding steroid dienone is 4. The van der Waals surface area contributed by atoms with E-state index in [4.69, 9.17) is 0 Å². The molecule has 0 aliphatic carbocycles. The SMILES string of the molecule is CC=CCC(CC)C(=O)N1CCN(C(C)/N=C\C(=C/C)C(F)(F)CC)CC1. The van der Waals surface area contributed by atoms with E-state index in [0.717, 1.165) is 12.8 Å². The Morgan fingerprint density at radius 2 is 1.81 bits per heavy atom. The molecule has 6 heteroatoms. The lowest BCUT2D eigenvalue weighted by Crippen LogP contribution is -2.52. The van der Waals surface area contributed by atoms with Gasteiger partial charge in [0.2, 0.25) is 5.91 Å². The van der Waals surface area contributed by atoms with Crippen molar-refractivity contribution < 1.29 is 13.6 Å². The highest BCUT2D eigenvalue weighted by Crippen LogP contribution is 2.26. The molecule has 0 N–H and O–H groups in total. The third-order valence-corrected chi connectivity index (χ3v) is 5.26. The van der Waals surface area contributed by atoms with Crippen molar-refractivity contribution in [1.29, 1.82) is 0 Å². The van der Waals surface area contributed by atoms with E-state index >= 15 is 0 Å². The lowest BCUT2D eigenvalue weighted by molar-refractivity contribution is -0.137. The van der Waals surface area contributed by atoms with Gasteiger partial charge < -0.3 is 4.90 Å². The molecular weight excluding hydrogens is 348 g/mol. The topological polar surface area (TPSA) is 35.9 Å². The Hall–Kier alpha value is -1.56. The molecule has 0 radical (unpaired) electrons. The van der Waals surface area contributed by atoms with Crippen LogP contribution in [0.5, 0.6) is 0 Å². The van der Waals surface area contributed by atoms with Gasteiger partial charge in [-0.25, -0.2) is 8.78 Å². The second kappa shape index (κ2) is 11.3. The van der Waals surface area contributed by atoms with E-state index in [1.165, 1.54) is 19.2 Å². The van der Waals surface area contributed by atoms with Gasteiger partial charge in [0.15, 0.2) is 0 Å². The average Bonchev–Trinajstić information content (AvgIpc) is 2.68. The first-order valence-electron chi connectivity index (χ1n) is 10.0. The summed E-state index contributed by atoms with van der Waals surface area (Å²) in [6.07, 6.45) is 7.95. The first-order valence-corrected chi connectivity index (χ1v) is 10.0. The van der Waals surface area contributed by atoms with E-state index in [-0.39, 0.29) is 30.0 Å². The fourth-order valence-corrected chi connectivity index (χ4v) is 3.18. The number of hydrogen-bond donors (Lipinski definition) is 0. The molecule has 1 amide bonds. The van der Waals surface area contributed by atoms with E-state index in [2.05, 4.69) is 9.89 Å². The molecule has 0 aromatic rings. The molecule has 1 saturated heterocycles. The largest absolute Gasteiger partial charge is 0.340 e. The number of hydrogen-bond acceptors (Lipinski definition) is 3. The van der Waals surface area contributed by atoms with Gasteiger partial charge in [0, 0.05) is 50.3 Å². The highest BCUT2D eigenvalue weighted by molar-refractivity contribution is 5.80. The summed E-state index contributed by atoms with van der Waals surface area (Å²) in [5, 5.41) is 0. The van der Waals surface area contributed by atoms with Crippen molar-refractivity contribution in [2.75, 3.05) is 26.2 Å². The van der Waals surface area contributed by atoms with Crippen molar-refractivity contribution in [2.45, 2.75) is 66.0 Å². The van der Waals surface area contributed by atoms with Crippen molar-refractivity contribution in [3.8, 4) is 0 Å². The minimum atomic E-state index is -2.84. The molecule has 0 spiro atoms. The van der Waals surface area contributed by atoms with Crippen LogP contribution in [0, 0.1) is 5.92 Å². The summed E-state index contributed by atoms with van der Waals surface area (Å²) in [4.78, 5) is 21.1. The third kappa shape index (κ3) is 6.83. The molecule has 0 bridgehead atoms. The van der Waals surface area contributed by atoms with Crippen molar-refractivity contribution in [3.63, 3.8) is 0 Å². The molecule has 1 heterocycles. The van der Waals surface area contributed by atoms with Crippen LogP contribution in [0.2, 0.25) is 0 Å². The summed E-state index contributed by atoms with van der Waals surface area (Å²) >= 11 is 0. The predicted octanol–water partition coefficient (Wildman–Crippen LogP) is 4.53. The van der Waals surface area contributed by atoms with E-state index in [1.807, 2.05) is 37.8 Å². The molecule has 4 nitrogen and oxygen atoms in total. The molecule has 1 aliphatic rings. The van der Waals surface area contributed by atoms with Crippen molar-refractivity contribution >= 4 is 12.1 Å². The average molecular weight is 384 g/mol. The van der Waals surface area contributed by atoms with E-state index in [0.29, 0.717) is 26.2 Å². The molecular formula is C21H35F2N3O. The van der Waals surface area contributed by atoms with Crippen LogP contribution >= 0.6 is 0 Å². The zero-order chi connectivity index (χ0) is 20.4. The second-order valence-electron chi connectivity index (χ2n) is 6.98. The second-order valence-corrected chi connectivity index (χ2v) is 6.98. The Morgan fingerprint density at radius 3 is 2.30 bits per heavy atom. The Bertz CT molecular complexity index is 550. The van der Waals surface area contributed by atoms with E-state index in [9.17, 15) is 13.6 Å². The number of rotatable bonds is 9. The van der Waals surface area contributed by atoms with Crippen molar-refractivity contribution in [2.24, 2.45) is 10.9 Å². The fourth-order valence-electron chi connectivity index (χ4n) is 3.18. The Morgan fingerprint density at radius 1 is 1.19 bits per heavy atom. The minimum absolute atomic E-state index is 0.0386. The highest BCUT2D eigenvalue weighted by Gasteiger charge is 2.31. The molecule has 2 atom stereocenters. The van der Waals surface area contributed by atoms with Crippen LogP contribution < -0.4 is 0 Å². The van der Waals surface area contributed by atoms with Crippen LogP contribution in [0.1, 0.15) is 53.9 Å². The molecule has 0 saturated carbocycles. The number of carbonyl (C=O) groups excluding carboxylic acids is 1. The summed E-state index contributed by atoms with van der Waals surface area (Å²) in [6, 6.07) is 0. The molecule has 0 aromatic heterocycles. The van der Waals surface area contributed by atoms with E-state index < -0.39 is 5.92 Å². The minimum Gasteiger partial charge on any atom is -0.340 e. The van der Waals surface area contributed by atoms with Gasteiger partial charge in [-0.2, -0.15) is 0 Å². The van der Waals surface area contributed by atoms with Crippen LogP contribution in [0.3, 0.4) is 0 Å². The van der Waals surface area contributed by atoms with Crippen LogP contribution in [0.15, 0.2) is 28.8 Å². The standard InChI is InChI=1S/C21H35F2N3O/c1-6-10-11-18(7-2)20(27)26-14-12-25(13-15-26)17(5)24-16-19(8-3)21(22,23)9-4/h6,8,10,16-18H,7,9,11-15H2,1-5H3/b10-6?,19-8+,24-16-. The molecule has 1 rings (SSSR count). The summed E-state index contributed by atoms with van der Waals surface area (Å²) < 4.78 is 27.7. The molecule has 1 fully saturated rings. The number of nitrogens with zero attached hydrogens (tertiary/aromatic N) is 3. The van der Waals surface area contributed by atoms with Crippen molar-refractivity contribution in [1.82, 2.24) is 9.80 Å². The Kier molecular flexibility index (Phi) is 9.84. The molecule has 154 valence electrons. The van der Waals surface area contributed by atoms with Crippen molar-refractivity contribution in [3.05, 3.63) is 23.8 Å². The first kappa shape index (κ1) is 23.5. The first-order chi connectivity index (χ1) is 12.8. The lowest BCUT2D eigenvalue weighted by Gasteiger charge is -2.38. The molecule has 0 aromatic carbocycles. The summed E-state index contributed by atoms with van der Waals surface area (Å²) in [7, 11) is 0. The molecule has 1 aliphatic heterocycles. The van der Waals surface area contributed by atoms with Gasteiger partial charge in [-0.15, -0.1) is 0 Å². The molecule has 27 heavy (non-hydrogen) atoms. The number of aliphatic imine (C=N–C) groups is 1. The predicted molar refractivity (Wildman–Crippen MR) is 108 cm³/mol. The number of piperazine rings is 1. The normalized spacial score (nSPS) is 19.8. The van der Waals surface area contributed by atoms with Gasteiger partial charge in [-0.05, 0) is 33.6 Å². The summed E-state index contributed by atoms with van der Waals surface area (Å²) in [6.45, 7) is 11.7. The van der Waals surface area contributed by atoms with Gasteiger partial charge in [0.05, 0.1) is 6.17 Å². The van der Waals surface area contributed by atoms with Gasteiger partial charge in [0.25, 0.3) is 5.92 Å². The summed E-state index contributed by atoms with van der Waals surface area (Å²) in [5.41, 5.74) is -0.0413. The maximum atomic E-state index is 13.8. The van der Waals surface area contributed by atoms with E-state index in [1.54, 1.807) is 6.92 Å². The fraction of sp³-hybridized carbons (Fsp3) is 0.714. The number of alkyl halides is 2. The van der Waals surface area contributed by atoms with Gasteiger partial charge >= 0.3 is 0 Å². The van der Waals surface area contributed by atoms with Gasteiger partial charge in [-0.1, -0.05) is 32.1 Å². The van der Waals surface area contributed by atoms with Crippen LogP contribution in [0.4, 0.5) is 8.78 Å². The molecule has 2 unspecified atom stereocenters. The van der Waals surface area contributed by atoms with Crippen LogP contribution in [0.25, 0.3) is 0 Å². The Balaban J connectivity index is 2.60. The zero-order valence-corrected chi connectivity index (χ0v) is 17.4. The Labute approximate surface area is 163 Å². The quantitative estimate of drug-likeness (QED) is 0.433. The van der Waals surface area contributed by atoms with Gasteiger partial charge in [0.1, 0.15) is 0 Å². The number of halogens is 2. The van der Waals surface area contributed by atoms with Gasteiger partial charge in [-0.3, -0.25) is 14.7 Å². The maximum absolute atomic E-state index is 13.8. The highest BCUT2D eigenvalue weighted by atomic mass is 19.3.